The summed E-state index contributed by atoms with van der Waals surface area (Å²) in [6.45, 7) is 0.940. The van der Waals surface area contributed by atoms with Gasteiger partial charge in [0.25, 0.3) is 11.8 Å². The van der Waals surface area contributed by atoms with Crippen molar-refractivity contribution in [1.29, 1.82) is 0 Å². The molecule has 0 bridgehead atoms. The summed E-state index contributed by atoms with van der Waals surface area (Å²) in [6, 6.07) is 32.0. The molecule has 5 nitrogen and oxygen atoms in total. The number of ether oxygens (including phenoxy) is 1. The van der Waals surface area contributed by atoms with E-state index in [2.05, 4.69) is 5.32 Å². The molecule has 2 amide bonds. The van der Waals surface area contributed by atoms with Crippen LogP contribution >= 0.6 is 11.6 Å². The Balaban J connectivity index is 1.30. The van der Waals surface area contributed by atoms with E-state index in [1.807, 2.05) is 78.9 Å². The van der Waals surface area contributed by atoms with Gasteiger partial charge in [0, 0.05) is 17.1 Å². The van der Waals surface area contributed by atoms with Crippen LogP contribution in [0.4, 0.5) is 5.69 Å². The van der Waals surface area contributed by atoms with Crippen LogP contribution < -0.4 is 15.0 Å². The molecular weight excluding hydrogens is 484 g/mol. The van der Waals surface area contributed by atoms with E-state index in [4.69, 9.17) is 16.3 Å². The zero-order valence-electron chi connectivity index (χ0n) is 20.1. The first-order valence-corrected chi connectivity index (χ1v) is 12.4. The number of carbonyl (C=O) groups is 2. The minimum Gasteiger partial charge on any atom is -0.449 e. The molecule has 1 heterocycles. The number of para-hydroxylation sites is 2. The van der Waals surface area contributed by atoms with E-state index in [9.17, 15) is 9.59 Å². The Hall–Kier alpha value is -4.35. The van der Waals surface area contributed by atoms with Crippen LogP contribution in [-0.4, -0.2) is 18.4 Å². The molecule has 0 fully saturated rings. The Bertz CT molecular complexity index is 1430. The Morgan fingerprint density at radius 3 is 2.30 bits per heavy atom. The number of benzene rings is 4. The first kappa shape index (κ1) is 24.3. The number of hydrogen-bond donors (Lipinski definition) is 1. The van der Waals surface area contributed by atoms with Gasteiger partial charge in [-0.2, -0.15) is 0 Å². The Labute approximate surface area is 221 Å². The first-order valence-electron chi connectivity index (χ1n) is 12.0. The van der Waals surface area contributed by atoms with Crippen molar-refractivity contribution in [2.75, 3.05) is 11.4 Å². The molecule has 0 aliphatic carbocycles. The van der Waals surface area contributed by atoms with Crippen LogP contribution in [0.25, 0.3) is 6.08 Å². The number of nitrogens with one attached hydrogen (secondary N) is 1. The fourth-order valence-corrected chi connectivity index (χ4v) is 4.27. The van der Waals surface area contributed by atoms with Crippen LogP contribution in [0.1, 0.15) is 27.0 Å². The molecular formula is C31H25ClN2O3. The summed E-state index contributed by atoms with van der Waals surface area (Å²) in [7, 11) is 0. The molecule has 0 spiro atoms. The average Bonchev–Trinajstić information content (AvgIpc) is 2.93. The van der Waals surface area contributed by atoms with Crippen LogP contribution in [0.15, 0.2) is 109 Å². The molecule has 1 aliphatic rings. The van der Waals surface area contributed by atoms with Crippen LogP contribution in [0.3, 0.4) is 0 Å². The lowest BCUT2D eigenvalue weighted by Gasteiger charge is -2.30. The molecule has 5 rings (SSSR count). The molecule has 0 radical (unpaired) electrons. The van der Waals surface area contributed by atoms with Gasteiger partial charge in [-0.3, -0.25) is 14.5 Å². The maximum Gasteiger partial charge on any atom is 0.294 e. The van der Waals surface area contributed by atoms with Gasteiger partial charge in [0.1, 0.15) is 0 Å². The van der Waals surface area contributed by atoms with Gasteiger partial charge in [-0.15, -0.1) is 0 Å². The summed E-state index contributed by atoms with van der Waals surface area (Å²) in [5.41, 5.74) is 4.16. The lowest BCUT2D eigenvalue weighted by molar-refractivity contribution is -0.117. The van der Waals surface area contributed by atoms with E-state index >= 15 is 0 Å². The minimum absolute atomic E-state index is 0.136. The van der Waals surface area contributed by atoms with Crippen LogP contribution in [-0.2, 0) is 17.8 Å². The third-order valence-electron chi connectivity index (χ3n) is 6.10. The van der Waals surface area contributed by atoms with E-state index < -0.39 is 0 Å². The van der Waals surface area contributed by atoms with E-state index in [0.29, 0.717) is 35.1 Å². The maximum atomic E-state index is 13.4. The standard InChI is InChI=1S/C31H25ClN2O3/c32-26-16-12-24(13-17-26)21-34-27-8-4-5-9-28(27)37-29(31(34)36)20-23-10-14-25(15-11-23)30(35)33-19-18-22-6-2-1-3-7-22/h1-17,20H,18-19,21H2,(H,33,35). The van der Waals surface area contributed by atoms with E-state index in [-0.39, 0.29) is 17.6 Å². The summed E-state index contributed by atoms with van der Waals surface area (Å²) < 4.78 is 5.98. The van der Waals surface area contributed by atoms with Gasteiger partial charge in [0.15, 0.2) is 11.5 Å². The summed E-state index contributed by atoms with van der Waals surface area (Å²) in [5.74, 6) is 0.448. The number of rotatable bonds is 7. The molecule has 1 aliphatic heterocycles. The zero-order chi connectivity index (χ0) is 25.6. The van der Waals surface area contributed by atoms with Crippen molar-refractivity contribution in [1.82, 2.24) is 5.32 Å². The molecule has 4 aromatic rings. The highest BCUT2D eigenvalue weighted by Gasteiger charge is 2.30. The number of hydrogen-bond acceptors (Lipinski definition) is 3. The maximum absolute atomic E-state index is 13.4. The number of fused-ring (bicyclic) bond motifs is 1. The molecule has 0 atom stereocenters. The lowest BCUT2D eigenvalue weighted by atomic mass is 10.1. The Morgan fingerprint density at radius 1 is 0.838 bits per heavy atom. The molecule has 0 saturated carbocycles. The number of anilines is 1. The summed E-state index contributed by atoms with van der Waals surface area (Å²) >= 11 is 6.02. The number of halogens is 1. The number of carbonyl (C=O) groups excluding carboxylic acids is 2. The highest BCUT2D eigenvalue weighted by Crippen LogP contribution is 2.36. The highest BCUT2D eigenvalue weighted by atomic mass is 35.5. The van der Waals surface area contributed by atoms with Crippen molar-refractivity contribution in [3.63, 3.8) is 0 Å². The normalized spacial score (nSPS) is 13.7. The quantitative estimate of drug-likeness (QED) is 0.299. The molecule has 1 N–H and O–H groups in total. The fourth-order valence-electron chi connectivity index (χ4n) is 4.14. The third kappa shape index (κ3) is 5.90. The van der Waals surface area contributed by atoms with Gasteiger partial charge >= 0.3 is 0 Å². The van der Waals surface area contributed by atoms with Gasteiger partial charge in [-0.05, 0) is 65.6 Å². The third-order valence-corrected chi connectivity index (χ3v) is 6.35. The molecule has 0 saturated heterocycles. The van der Waals surface area contributed by atoms with Gasteiger partial charge in [-0.1, -0.05) is 78.3 Å². The summed E-state index contributed by atoms with van der Waals surface area (Å²) in [4.78, 5) is 27.7. The minimum atomic E-state index is -0.239. The highest BCUT2D eigenvalue weighted by molar-refractivity contribution is 6.30. The summed E-state index contributed by atoms with van der Waals surface area (Å²) in [5, 5.41) is 3.60. The first-order chi connectivity index (χ1) is 18.1. The van der Waals surface area contributed by atoms with Gasteiger partial charge in [-0.25, -0.2) is 0 Å². The van der Waals surface area contributed by atoms with Gasteiger partial charge in [0.2, 0.25) is 0 Å². The predicted octanol–water partition coefficient (Wildman–Crippen LogP) is 6.28. The van der Waals surface area contributed by atoms with Crippen molar-refractivity contribution < 1.29 is 14.3 Å². The van der Waals surface area contributed by atoms with Crippen molar-refractivity contribution in [2.24, 2.45) is 0 Å². The molecule has 184 valence electrons. The second-order valence-electron chi connectivity index (χ2n) is 8.71. The van der Waals surface area contributed by atoms with Crippen LogP contribution in [0, 0.1) is 0 Å². The van der Waals surface area contributed by atoms with E-state index in [1.54, 1.807) is 35.2 Å². The second-order valence-corrected chi connectivity index (χ2v) is 9.15. The fraction of sp³-hybridized carbons (Fsp3) is 0.0968. The average molecular weight is 509 g/mol. The molecule has 6 heteroatoms. The van der Waals surface area contributed by atoms with E-state index in [1.165, 1.54) is 5.56 Å². The van der Waals surface area contributed by atoms with Crippen molar-refractivity contribution in [2.45, 2.75) is 13.0 Å². The topological polar surface area (TPSA) is 58.6 Å². The Morgan fingerprint density at radius 2 is 1.54 bits per heavy atom. The Kier molecular flexibility index (Phi) is 7.33. The largest absolute Gasteiger partial charge is 0.449 e. The molecule has 4 aromatic carbocycles. The van der Waals surface area contributed by atoms with Crippen molar-refractivity contribution >= 4 is 35.2 Å². The van der Waals surface area contributed by atoms with Crippen LogP contribution in [0.2, 0.25) is 5.02 Å². The predicted molar refractivity (Wildman–Crippen MR) is 147 cm³/mol. The van der Waals surface area contributed by atoms with Crippen molar-refractivity contribution in [3.8, 4) is 5.75 Å². The van der Waals surface area contributed by atoms with Crippen LogP contribution in [0.5, 0.6) is 5.75 Å². The molecule has 0 aromatic heterocycles. The SMILES string of the molecule is O=C(NCCc1ccccc1)c1ccc(C=C2Oc3ccccc3N(Cc3ccc(Cl)cc3)C2=O)cc1. The summed E-state index contributed by atoms with van der Waals surface area (Å²) in [6.07, 6.45) is 2.47. The zero-order valence-corrected chi connectivity index (χ0v) is 20.8. The van der Waals surface area contributed by atoms with E-state index in [0.717, 1.165) is 17.5 Å². The number of nitrogens with zero attached hydrogens (tertiary/aromatic N) is 1. The van der Waals surface area contributed by atoms with Gasteiger partial charge < -0.3 is 10.1 Å². The second kappa shape index (κ2) is 11.1. The lowest BCUT2D eigenvalue weighted by Crippen LogP contribution is -2.36. The molecule has 0 unspecified atom stereocenters. The van der Waals surface area contributed by atoms with Crippen molar-refractivity contribution in [3.05, 3.63) is 136 Å². The van der Waals surface area contributed by atoms with Gasteiger partial charge in [0.05, 0.1) is 12.2 Å². The molecule has 37 heavy (non-hydrogen) atoms. The number of amides is 2. The monoisotopic (exact) mass is 508 g/mol. The smallest absolute Gasteiger partial charge is 0.294 e.